The number of piperidine rings is 1. The number of halogens is 3. The van der Waals surface area contributed by atoms with Crippen LogP contribution >= 0.6 is 0 Å². The molecule has 0 radical (unpaired) electrons. The van der Waals surface area contributed by atoms with E-state index >= 15 is 0 Å². The van der Waals surface area contributed by atoms with Crippen LogP contribution in [0.3, 0.4) is 0 Å². The summed E-state index contributed by atoms with van der Waals surface area (Å²) in [6, 6.07) is 5.82. The summed E-state index contributed by atoms with van der Waals surface area (Å²) in [4.78, 5) is 4.52. The van der Waals surface area contributed by atoms with Crippen LogP contribution in [-0.4, -0.2) is 54.2 Å². The van der Waals surface area contributed by atoms with E-state index < -0.39 is 11.7 Å². The van der Waals surface area contributed by atoms with Crippen LogP contribution in [0, 0.1) is 11.8 Å². The summed E-state index contributed by atoms with van der Waals surface area (Å²) >= 11 is 0. The fourth-order valence-electron chi connectivity index (χ4n) is 4.23. The Morgan fingerprint density at radius 3 is 2.32 bits per heavy atom. The number of hydrogen-bond acceptors (Lipinski definition) is 3. The van der Waals surface area contributed by atoms with Gasteiger partial charge in [-0.05, 0) is 49.4 Å². The summed E-state index contributed by atoms with van der Waals surface area (Å²) in [5.41, 5.74) is -0.222. The van der Waals surface area contributed by atoms with Gasteiger partial charge in [-0.2, -0.15) is 13.2 Å². The molecule has 2 atom stereocenters. The number of aliphatic hydroxyl groups is 1. The Kier molecular flexibility index (Phi) is 6.02. The van der Waals surface area contributed by atoms with Crippen LogP contribution < -0.4 is 0 Å². The van der Waals surface area contributed by atoms with E-state index in [4.69, 9.17) is 0 Å². The molecule has 0 aromatic heterocycles. The predicted octanol–water partition coefficient (Wildman–Crippen LogP) is 3.23. The van der Waals surface area contributed by atoms with Crippen LogP contribution in [-0.2, 0) is 12.7 Å². The topological polar surface area (TPSA) is 26.7 Å². The summed E-state index contributed by atoms with van der Waals surface area (Å²) in [5, 5.41) is 9.71. The molecule has 3 rings (SSSR count). The minimum absolute atomic E-state index is 0.107. The van der Waals surface area contributed by atoms with E-state index in [2.05, 4.69) is 9.80 Å². The van der Waals surface area contributed by atoms with Crippen LogP contribution in [0.4, 0.5) is 13.2 Å². The van der Waals surface area contributed by atoms with E-state index in [0.29, 0.717) is 24.6 Å². The minimum atomic E-state index is -4.32. The smallest absolute Gasteiger partial charge is 0.396 e. The zero-order valence-electron chi connectivity index (χ0n) is 14.5. The second kappa shape index (κ2) is 8.06. The summed E-state index contributed by atoms with van der Waals surface area (Å²) in [6.07, 6.45) is -0.594. The summed E-state index contributed by atoms with van der Waals surface area (Å²) in [5.74, 6) is 0.487. The van der Waals surface area contributed by atoms with Crippen LogP contribution in [0.1, 0.15) is 30.4 Å². The molecule has 1 aromatic carbocycles. The van der Waals surface area contributed by atoms with Crippen molar-refractivity contribution < 1.29 is 18.3 Å². The molecule has 2 fully saturated rings. The van der Waals surface area contributed by atoms with Crippen molar-refractivity contribution >= 4 is 0 Å². The maximum Gasteiger partial charge on any atom is 0.416 e. The summed E-state index contributed by atoms with van der Waals surface area (Å²) in [7, 11) is 0. The zero-order valence-corrected chi connectivity index (χ0v) is 14.5. The highest BCUT2D eigenvalue weighted by Gasteiger charge is 2.36. The first kappa shape index (κ1) is 18.7. The van der Waals surface area contributed by atoms with Gasteiger partial charge in [0.25, 0.3) is 0 Å². The SMILES string of the molecule is OCC1CN(Cc2ccccc2C(F)(F)F)CC1CN1CCCCC1. The van der Waals surface area contributed by atoms with Gasteiger partial charge >= 0.3 is 6.18 Å². The molecule has 140 valence electrons. The first-order chi connectivity index (χ1) is 12.0. The molecule has 0 spiro atoms. The Morgan fingerprint density at radius 2 is 1.64 bits per heavy atom. The number of nitrogens with zero attached hydrogens (tertiary/aromatic N) is 2. The number of likely N-dealkylation sites (tertiary alicyclic amines) is 2. The van der Waals surface area contributed by atoms with Gasteiger partial charge in [-0.15, -0.1) is 0 Å². The Bertz CT molecular complexity index is 558. The molecular formula is C19H27F3N2O. The van der Waals surface area contributed by atoms with E-state index in [0.717, 1.165) is 32.2 Å². The molecule has 3 nitrogen and oxygen atoms in total. The molecule has 2 heterocycles. The maximum absolute atomic E-state index is 13.2. The molecule has 25 heavy (non-hydrogen) atoms. The highest BCUT2D eigenvalue weighted by Crippen LogP contribution is 2.34. The molecular weight excluding hydrogens is 329 g/mol. The van der Waals surface area contributed by atoms with E-state index in [1.165, 1.54) is 25.3 Å². The van der Waals surface area contributed by atoms with Crippen molar-refractivity contribution in [2.75, 3.05) is 39.3 Å². The van der Waals surface area contributed by atoms with Gasteiger partial charge in [-0.25, -0.2) is 0 Å². The van der Waals surface area contributed by atoms with E-state index in [1.54, 1.807) is 12.1 Å². The van der Waals surface area contributed by atoms with Gasteiger partial charge in [0.1, 0.15) is 0 Å². The lowest BCUT2D eigenvalue weighted by molar-refractivity contribution is -0.138. The third-order valence-corrected chi connectivity index (χ3v) is 5.54. The number of benzene rings is 1. The van der Waals surface area contributed by atoms with Crippen LogP contribution in [0.2, 0.25) is 0 Å². The van der Waals surface area contributed by atoms with Gasteiger partial charge < -0.3 is 10.0 Å². The number of rotatable bonds is 5. The highest BCUT2D eigenvalue weighted by molar-refractivity contribution is 5.29. The summed E-state index contributed by atoms with van der Waals surface area (Å²) in [6.45, 7) is 4.98. The molecule has 1 aromatic rings. The van der Waals surface area contributed by atoms with E-state index in [1.807, 2.05) is 0 Å². The fourth-order valence-corrected chi connectivity index (χ4v) is 4.23. The van der Waals surface area contributed by atoms with Crippen molar-refractivity contribution in [1.82, 2.24) is 9.80 Å². The Labute approximate surface area is 147 Å². The number of hydrogen-bond donors (Lipinski definition) is 1. The predicted molar refractivity (Wildman–Crippen MR) is 91.1 cm³/mol. The Morgan fingerprint density at radius 1 is 0.960 bits per heavy atom. The molecule has 1 N–H and O–H groups in total. The van der Waals surface area contributed by atoms with Crippen molar-refractivity contribution in [1.29, 1.82) is 0 Å². The average Bonchev–Trinajstić information content (AvgIpc) is 2.97. The third kappa shape index (κ3) is 4.74. The minimum Gasteiger partial charge on any atom is -0.396 e. The second-order valence-electron chi connectivity index (χ2n) is 7.41. The quantitative estimate of drug-likeness (QED) is 0.878. The van der Waals surface area contributed by atoms with E-state index in [9.17, 15) is 18.3 Å². The number of alkyl halides is 3. The lowest BCUT2D eigenvalue weighted by atomic mass is 9.95. The lowest BCUT2D eigenvalue weighted by Gasteiger charge is -2.30. The van der Waals surface area contributed by atoms with Crippen molar-refractivity contribution in [3.8, 4) is 0 Å². The normalized spacial score (nSPS) is 26.2. The monoisotopic (exact) mass is 356 g/mol. The van der Waals surface area contributed by atoms with Crippen molar-refractivity contribution in [3.63, 3.8) is 0 Å². The Hall–Kier alpha value is -1.11. The van der Waals surface area contributed by atoms with Gasteiger partial charge in [0.05, 0.1) is 5.56 Å². The largest absolute Gasteiger partial charge is 0.416 e. The molecule has 2 saturated heterocycles. The van der Waals surface area contributed by atoms with Gasteiger partial charge in [-0.1, -0.05) is 24.6 Å². The molecule has 0 bridgehead atoms. The molecule has 6 heteroatoms. The molecule has 2 unspecified atom stereocenters. The molecule has 0 amide bonds. The molecule has 2 aliphatic heterocycles. The van der Waals surface area contributed by atoms with Crippen molar-refractivity contribution in [2.45, 2.75) is 32.0 Å². The van der Waals surface area contributed by atoms with Crippen molar-refractivity contribution in [3.05, 3.63) is 35.4 Å². The van der Waals surface area contributed by atoms with Crippen LogP contribution in [0.15, 0.2) is 24.3 Å². The van der Waals surface area contributed by atoms with Crippen molar-refractivity contribution in [2.24, 2.45) is 11.8 Å². The van der Waals surface area contributed by atoms with Gasteiger partial charge in [-0.3, -0.25) is 4.90 Å². The highest BCUT2D eigenvalue weighted by atomic mass is 19.4. The lowest BCUT2D eigenvalue weighted by Crippen LogP contribution is -2.37. The molecule has 2 aliphatic rings. The van der Waals surface area contributed by atoms with E-state index in [-0.39, 0.29) is 12.5 Å². The zero-order chi connectivity index (χ0) is 17.9. The standard InChI is InChI=1S/C19H27F3N2O/c20-19(21,22)18-7-3-2-6-15(18)10-24-12-16(17(13-24)14-25)11-23-8-4-1-5-9-23/h2-3,6-7,16-17,25H,1,4-5,8-14H2. The Balaban J connectivity index is 1.64. The van der Waals surface area contributed by atoms with Crippen LogP contribution in [0.5, 0.6) is 0 Å². The molecule has 0 saturated carbocycles. The first-order valence-electron chi connectivity index (χ1n) is 9.18. The van der Waals surface area contributed by atoms with Gasteiger partial charge in [0.2, 0.25) is 0 Å². The third-order valence-electron chi connectivity index (χ3n) is 5.54. The average molecular weight is 356 g/mol. The maximum atomic E-state index is 13.2. The van der Waals surface area contributed by atoms with Gasteiger partial charge in [0, 0.05) is 32.8 Å². The summed E-state index contributed by atoms with van der Waals surface area (Å²) < 4.78 is 39.6. The second-order valence-corrected chi connectivity index (χ2v) is 7.41. The van der Waals surface area contributed by atoms with Crippen LogP contribution in [0.25, 0.3) is 0 Å². The first-order valence-corrected chi connectivity index (χ1v) is 9.18. The number of aliphatic hydroxyl groups excluding tert-OH is 1. The molecule has 0 aliphatic carbocycles. The fraction of sp³-hybridized carbons (Fsp3) is 0.684. The van der Waals surface area contributed by atoms with Gasteiger partial charge in [0.15, 0.2) is 0 Å².